The number of carbonyl (C=O) groups excluding carboxylic acids is 2. The molecule has 2 amide bonds. The van der Waals surface area contributed by atoms with E-state index in [0.717, 1.165) is 11.1 Å². The molecule has 7 nitrogen and oxygen atoms in total. The number of hydrazine groups is 1. The van der Waals surface area contributed by atoms with E-state index in [4.69, 9.17) is 13.9 Å². The minimum absolute atomic E-state index is 0.0636. The Morgan fingerprint density at radius 3 is 2.48 bits per heavy atom. The monoisotopic (exact) mass is 422 g/mol. The highest BCUT2D eigenvalue weighted by Crippen LogP contribution is 2.27. The Morgan fingerprint density at radius 2 is 1.74 bits per heavy atom. The van der Waals surface area contributed by atoms with E-state index in [2.05, 4.69) is 24.7 Å². The van der Waals surface area contributed by atoms with Crippen molar-refractivity contribution in [1.29, 1.82) is 0 Å². The van der Waals surface area contributed by atoms with Crippen molar-refractivity contribution in [2.75, 3.05) is 6.61 Å². The third kappa shape index (κ3) is 6.37. The zero-order valence-corrected chi connectivity index (χ0v) is 17.8. The highest BCUT2D eigenvalue weighted by Gasteiger charge is 2.14. The van der Waals surface area contributed by atoms with Gasteiger partial charge in [-0.05, 0) is 54.3 Å². The Balaban J connectivity index is 1.46. The average Bonchev–Trinajstić information content (AvgIpc) is 3.24. The number of hydrogen-bond donors (Lipinski definition) is 2. The van der Waals surface area contributed by atoms with Gasteiger partial charge in [-0.1, -0.05) is 44.2 Å². The van der Waals surface area contributed by atoms with E-state index in [1.807, 2.05) is 55.5 Å². The van der Waals surface area contributed by atoms with E-state index >= 15 is 0 Å². The SMILES string of the molecule is Cc1ccc(C(C)C)c(OCC(=O)NNC(=O)c2ccc(COc3ccccc3)o2)c1. The van der Waals surface area contributed by atoms with Crippen molar-refractivity contribution in [2.24, 2.45) is 0 Å². The molecule has 0 aliphatic heterocycles. The van der Waals surface area contributed by atoms with Crippen LogP contribution >= 0.6 is 0 Å². The molecule has 0 saturated heterocycles. The molecule has 0 unspecified atom stereocenters. The van der Waals surface area contributed by atoms with Gasteiger partial charge in [-0.3, -0.25) is 20.4 Å². The number of benzene rings is 2. The molecule has 3 aromatic rings. The Labute approximate surface area is 181 Å². The number of amides is 2. The number of aryl methyl sites for hydroxylation is 1. The zero-order valence-electron chi connectivity index (χ0n) is 17.8. The number of rotatable bonds is 8. The standard InChI is InChI=1S/C24H26N2O5/c1-16(2)20-11-9-17(3)13-22(20)30-15-23(27)25-26-24(28)21-12-10-19(31-21)14-29-18-7-5-4-6-8-18/h4-13,16H,14-15H2,1-3H3,(H,25,27)(H,26,28). The summed E-state index contributed by atoms with van der Waals surface area (Å²) in [7, 11) is 0. The van der Waals surface area contributed by atoms with Crippen molar-refractivity contribution in [1.82, 2.24) is 10.9 Å². The van der Waals surface area contributed by atoms with E-state index in [0.29, 0.717) is 17.3 Å². The molecule has 0 spiro atoms. The van der Waals surface area contributed by atoms with Crippen LogP contribution in [-0.2, 0) is 11.4 Å². The average molecular weight is 422 g/mol. The van der Waals surface area contributed by atoms with E-state index < -0.39 is 11.8 Å². The lowest BCUT2D eigenvalue weighted by atomic mass is 10.0. The summed E-state index contributed by atoms with van der Waals surface area (Å²) in [6.45, 7) is 6.03. The molecule has 0 aliphatic carbocycles. The van der Waals surface area contributed by atoms with Crippen molar-refractivity contribution < 1.29 is 23.5 Å². The highest BCUT2D eigenvalue weighted by molar-refractivity contribution is 5.93. The predicted octanol–water partition coefficient (Wildman–Crippen LogP) is 4.13. The zero-order chi connectivity index (χ0) is 22.2. The number of nitrogens with one attached hydrogen (secondary N) is 2. The number of ether oxygens (including phenoxy) is 2. The summed E-state index contributed by atoms with van der Waals surface area (Å²) in [6, 6.07) is 18.3. The number of hydrogen-bond acceptors (Lipinski definition) is 5. The maximum absolute atomic E-state index is 12.2. The molecule has 0 bridgehead atoms. The third-order valence-corrected chi connectivity index (χ3v) is 4.48. The first kappa shape index (κ1) is 22.0. The second-order valence-electron chi connectivity index (χ2n) is 7.35. The van der Waals surface area contributed by atoms with Gasteiger partial charge in [0.05, 0.1) is 0 Å². The molecule has 1 heterocycles. The van der Waals surface area contributed by atoms with Gasteiger partial charge in [0.15, 0.2) is 12.4 Å². The lowest BCUT2D eigenvalue weighted by molar-refractivity contribution is -0.123. The summed E-state index contributed by atoms with van der Waals surface area (Å²) >= 11 is 0. The molecule has 0 radical (unpaired) electrons. The minimum atomic E-state index is -0.572. The molecule has 3 rings (SSSR count). The first-order valence-corrected chi connectivity index (χ1v) is 10.0. The molecule has 0 fully saturated rings. The highest BCUT2D eigenvalue weighted by atomic mass is 16.5. The van der Waals surface area contributed by atoms with Crippen LogP contribution in [0.2, 0.25) is 0 Å². The Hall–Kier alpha value is -3.74. The number of furan rings is 1. The van der Waals surface area contributed by atoms with Gasteiger partial charge in [0.25, 0.3) is 5.91 Å². The molecule has 1 aromatic heterocycles. The van der Waals surface area contributed by atoms with Crippen LogP contribution in [0.3, 0.4) is 0 Å². The van der Waals surface area contributed by atoms with Crippen molar-refractivity contribution in [2.45, 2.75) is 33.3 Å². The van der Waals surface area contributed by atoms with Crippen LogP contribution in [0.15, 0.2) is 65.1 Å². The van der Waals surface area contributed by atoms with Gasteiger partial charge in [-0.15, -0.1) is 0 Å². The fourth-order valence-electron chi connectivity index (χ4n) is 2.86. The fourth-order valence-corrected chi connectivity index (χ4v) is 2.86. The first-order chi connectivity index (χ1) is 14.9. The maximum atomic E-state index is 12.2. The summed E-state index contributed by atoms with van der Waals surface area (Å²) < 4.78 is 16.7. The van der Waals surface area contributed by atoms with Gasteiger partial charge in [-0.2, -0.15) is 0 Å². The lowest BCUT2D eigenvalue weighted by Crippen LogP contribution is -2.43. The quantitative estimate of drug-likeness (QED) is 0.533. The van der Waals surface area contributed by atoms with E-state index in [1.54, 1.807) is 6.07 Å². The van der Waals surface area contributed by atoms with Crippen LogP contribution < -0.4 is 20.3 Å². The topological polar surface area (TPSA) is 89.8 Å². The Kier molecular flexibility index (Phi) is 7.32. The number of carbonyl (C=O) groups is 2. The van der Waals surface area contributed by atoms with Crippen LogP contribution in [0.5, 0.6) is 11.5 Å². The molecular weight excluding hydrogens is 396 g/mol. The van der Waals surface area contributed by atoms with Gasteiger partial charge < -0.3 is 13.9 Å². The van der Waals surface area contributed by atoms with E-state index in [1.165, 1.54) is 6.07 Å². The third-order valence-electron chi connectivity index (χ3n) is 4.48. The summed E-state index contributed by atoms with van der Waals surface area (Å²) in [5.74, 6) is 1.12. The smallest absolute Gasteiger partial charge is 0.305 e. The van der Waals surface area contributed by atoms with Gasteiger partial charge in [0.1, 0.15) is 23.9 Å². The molecule has 7 heteroatoms. The normalized spacial score (nSPS) is 10.6. The molecule has 0 saturated carbocycles. The van der Waals surface area contributed by atoms with Crippen molar-refractivity contribution in [3.8, 4) is 11.5 Å². The molecule has 0 atom stereocenters. The summed E-state index contributed by atoms with van der Waals surface area (Å²) in [5.41, 5.74) is 6.70. The molecule has 2 aromatic carbocycles. The van der Waals surface area contributed by atoms with Crippen molar-refractivity contribution in [3.05, 3.63) is 83.3 Å². The first-order valence-electron chi connectivity index (χ1n) is 10.0. The van der Waals surface area contributed by atoms with Gasteiger partial charge in [0, 0.05) is 0 Å². The summed E-state index contributed by atoms with van der Waals surface area (Å²) in [5, 5.41) is 0. The predicted molar refractivity (Wildman–Crippen MR) is 116 cm³/mol. The van der Waals surface area contributed by atoms with E-state index in [9.17, 15) is 9.59 Å². The summed E-state index contributed by atoms with van der Waals surface area (Å²) in [4.78, 5) is 24.3. The van der Waals surface area contributed by atoms with Gasteiger partial charge in [-0.25, -0.2) is 0 Å². The van der Waals surface area contributed by atoms with Crippen LogP contribution in [0.25, 0.3) is 0 Å². The van der Waals surface area contributed by atoms with Gasteiger partial charge in [0.2, 0.25) is 0 Å². The van der Waals surface area contributed by atoms with Crippen LogP contribution in [-0.4, -0.2) is 18.4 Å². The molecule has 2 N–H and O–H groups in total. The molecule has 31 heavy (non-hydrogen) atoms. The molecule has 0 aliphatic rings. The Morgan fingerprint density at radius 1 is 0.968 bits per heavy atom. The van der Waals surface area contributed by atoms with Crippen LogP contribution in [0.4, 0.5) is 0 Å². The van der Waals surface area contributed by atoms with Crippen LogP contribution in [0.1, 0.15) is 47.2 Å². The lowest BCUT2D eigenvalue weighted by Gasteiger charge is -2.14. The maximum Gasteiger partial charge on any atom is 0.305 e. The largest absolute Gasteiger partial charge is 0.486 e. The summed E-state index contributed by atoms with van der Waals surface area (Å²) in [6.07, 6.45) is 0. The van der Waals surface area contributed by atoms with Crippen molar-refractivity contribution >= 4 is 11.8 Å². The minimum Gasteiger partial charge on any atom is -0.486 e. The molecule has 162 valence electrons. The fraction of sp³-hybridized carbons (Fsp3) is 0.250. The number of para-hydroxylation sites is 1. The van der Waals surface area contributed by atoms with Gasteiger partial charge >= 0.3 is 5.91 Å². The van der Waals surface area contributed by atoms with Crippen molar-refractivity contribution in [3.63, 3.8) is 0 Å². The van der Waals surface area contributed by atoms with Crippen LogP contribution in [0, 0.1) is 6.92 Å². The van der Waals surface area contributed by atoms with E-state index in [-0.39, 0.29) is 24.9 Å². The second-order valence-corrected chi connectivity index (χ2v) is 7.35. The molecular formula is C24H26N2O5. The Bertz CT molecular complexity index is 1030. The second kappa shape index (κ2) is 10.3.